The number of piperidine rings is 1. The van der Waals surface area contributed by atoms with Gasteiger partial charge in [-0.25, -0.2) is 4.39 Å². The third kappa shape index (κ3) is 2.93. The molecule has 0 aromatic carbocycles. The maximum Gasteiger partial charge on any atom is 0.108 e. The molecule has 1 heterocycles. The summed E-state index contributed by atoms with van der Waals surface area (Å²) in [6.07, 6.45) is 7.91. The molecule has 1 saturated heterocycles. The molecule has 0 aromatic heterocycles. The SMILES string of the molecule is CC1CCCC[NH+]1CC1CCCCC1F. The Hall–Kier alpha value is -0.110. The second-order valence-electron chi connectivity index (χ2n) is 5.57. The molecule has 1 saturated carbocycles. The molecule has 4 unspecified atom stereocenters. The highest BCUT2D eigenvalue weighted by molar-refractivity contribution is 4.74. The number of likely N-dealkylation sites (tertiary alicyclic amines) is 1. The molecule has 0 bridgehead atoms. The number of rotatable bonds is 2. The van der Waals surface area contributed by atoms with Gasteiger partial charge in [0.2, 0.25) is 0 Å². The first-order valence-electron chi connectivity index (χ1n) is 6.76. The lowest BCUT2D eigenvalue weighted by atomic mass is 9.86. The molecule has 1 nitrogen and oxygen atoms in total. The highest BCUT2D eigenvalue weighted by Crippen LogP contribution is 2.25. The first-order chi connectivity index (χ1) is 7.27. The second-order valence-corrected chi connectivity index (χ2v) is 5.57. The average Bonchev–Trinajstić information content (AvgIpc) is 2.24. The van der Waals surface area contributed by atoms with Gasteiger partial charge in [-0.05, 0) is 39.0 Å². The van der Waals surface area contributed by atoms with Gasteiger partial charge in [-0.15, -0.1) is 0 Å². The van der Waals surface area contributed by atoms with E-state index < -0.39 is 6.17 Å². The van der Waals surface area contributed by atoms with Gasteiger partial charge in [0.05, 0.1) is 19.1 Å². The van der Waals surface area contributed by atoms with Crippen molar-refractivity contribution in [1.29, 1.82) is 0 Å². The lowest BCUT2D eigenvalue weighted by Gasteiger charge is -2.35. The van der Waals surface area contributed by atoms with Gasteiger partial charge in [-0.2, -0.15) is 0 Å². The van der Waals surface area contributed by atoms with Gasteiger partial charge in [0, 0.05) is 5.92 Å². The minimum atomic E-state index is -0.500. The summed E-state index contributed by atoms with van der Waals surface area (Å²) < 4.78 is 13.7. The Morgan fingerprint density at radius 2 is 1.80 bits per heavy atom. The Bertz CT molecular complexity index is 175. The van der Waals surface area contributed by atoms with Crippen LogP contribution in [0.15, 0.2) is 0 Å². The lowest BCUT2D eigenvalue weighted by molar-refractivity contribution is -0.932. The summed E-state index contributed by atoms with van der Waals surface area (Å²) >= 11 is 0. The van der Waals surface area contributed by atoms with E-state index in [2.05, 4.69) is 6.92 Å². The third-order valence-corrected chi connectivity index (χ3v) is 4.42. The Balaban J connectivity index is 1.83. The Morgan fingerprint density at radius 3 is 2.53 bits per heavy atom. The molecule has 0 amide bonds. The van der Waals surface area contributed by atoms with Crippen molar-refractivity contribution in [3.8, 4) is 0 Å². The van der Waals surface area contributed by atoms with Crippen molar-refractivity contribution in [3.63, 3.8) is 0 Å². The van der Waals surface area contributed by atoms with Crippen LogP contribution in [0.5, 0.6) is 0 Å². The smallest absolute Gasteiger partial charge is 0.108 e. The van der Waals surface area contributed by atoms with Crippen LogP contribution in [-0.4, -0.2) is 25.3 Å². The van der Waals surface area contributed by atoms with Gasteiger partial charge in [-0.1, -0.05) is 12.8 Å². The van der Waals surface area contributed by atoms with Crippen molar-refractivity contribution in [1.82, 2.24) is 0 Å². The van der Waals surface area contributed by atoms with Gasteiger partial charge >= 0.3 is 0 Å². The van der Waals surface area contributed by atoms with Crippen LogP contribution in [0, 0.1) is 5.92 Å². The summed E-state index contributed by atoms with van der Waals surface area (Å²) in [5, 5.41) is 0. The Morgan fingerprint density at radius 1 is 1.07 bits per heavy atom. The zero-order chi connectivity index (χ0) is 10.7. The minimum absolute atomic E-state index is 0.370. The fourth-order valence-corrected chi connectivity index (χ4v) is 3.29. The van der Waals surface area contributed by atoms with Crippen LogP contribution < -0.4 is 4.90 Å². The van der Waals surface area contributed by atoms with Crippen molar-refractivity contribution < 1.29 is 9.29 Å². The molecule has 88 valence electrons. The van der Waals surface area contributed by atoms with Crippen LogP contribution in [-0.2, 0) is 0 Å². The van der Waals surface area contributed by atoms with E-state index in [-0.39, 0.29) is 0 Å². The maximum atomic E-state index is 13.7. The molecule has 1 aliphatic carbocycles. The standard InChI is InChI=1S/C13H24FN/c1-11-6-4-5-9-15(11)10-12-7-2-3-8-13(12)14/h11-13H,2-10H2,1H3/p+1. The zero-order valence-corrected chi connectivity index (χ0v) is 9.97. The van der Waals surface area contributed by atoms with Gasteiger partial charge < -0.3 is 4.90 Å². The van der Waals surface area contributed by atoms with Crippen LogP contribution in [0.25, 0.3) is 0 Å². The van der Waals surface area contributed by atoms with E-state index in [1.54, 1.807) is 4.90 Å². The van der Waals surface area contributed by atoms with E-state index in [1.807, 2.05) is 0 Å². The molecule has 0 aromatic rings. The second kappa shape index (κ2) is 5.29. The number of nitrogens with one attached hydrogen (secondary N) is 1. The van der Waals surface area contributed by atoms with Crippen molar-refractivity contribution in [2.45, 2.75) is 64.1 Å². The van der Waals surface area contributed by atoms with Crippen molar-refractivity contribution in [2.24, 2.45) is 5.92 Å². The van der Waals surface area contributed by atoms with E-state index in [0.29, 0.717) is 5.92 Å². The molecular formula is C13H25FN+. The predicted molar refractivity (Wildman–Crippen MR) is 60.9 cm³/mol. The number of alkyl halides is 1. The van der Waals surface area contributed by atoms with Gasteiger partial charge in [0.1, 0.15) is 6.17 Å². The monoisotopic (exact) mass is 214 g/mol. The molecule has 1 N–H and O–H groups in total. The number of halogens is 1. The maximum absolute atomic E-state index is 13.7. The number of hydrogen-bond donors (Lipinski definition) is 1. The summed E-state index contributed by atoms with van der Waals surface area (Å²) in [4.78, 5) is 1.68. The molecule has 1 aliphatic heterocycles. The molecule has 0 spiro atoms. The molecule has 2 fully saturated rings. The summed E-state index contributed by atoms with van der Waals surface area (Å²) in [6.45, 7) is 4.72. The fourth-order valence-electron chi connectivity index (χ4n) is 3.29. The normalized spacial score (nSPS) is 42.8. The van der Waals surface area contributed by atoms with Crippen LogP contribution >= 0.6 is 0 Å². The molecule has 2 aliphatic rings. The van der Waals surface area contributed by atoms with Gasteiger partial charge in [-0.3, -0.25) is 0 Å². The fraction of sp³-hybridized carbons (Fsp3) is 1.00. The summed E-state index contributed by atoms with van der Waals surface area (Å²) in [7, 11) is 0. The number of quaternary nitrogens is 1. The molecule has 2 rings (SSSR count). The molecular weight excluding hydrogens is 189 g/mol. The Labute approximate surface area is 93.0 Å². The van der Waals surface area contributed by atoms with E-state index in [9.17, 15) is 4.39 Å². The molecule has 2 heteroatoms. The molecule has 0 radical (unpaired) electrons. The number of hydrogen-bond acceptors (Lipinski definition) is 0. The molecule has 4 atom stereocenters. The van der Waals surface area contributed by atoms with E-state index in [0.717, 1.165) is 31.8 Å². The van der Waals surface area contributed by atoms with Gasteiger partial charge in [0.15, 0.2) is 0 Å². The van der Waals surface area contributed by atoms with E-state index in [4.69, 9.17) is 0 Å². The van der Waals surface area contributed by atoms with Crippen molar-refractivity contribution >= 4 is 0 Å². The van der Waals surface area contributed by atoms with Crippen LogP contribution in [0.2, 0.25) is 0 Å². The lowest BCUT2D eigenvalue weighted by Crippen LogP contribution is -3.16. The third-order valence-electron chi connectivity index (χ3n) is 4.42. The molecule has 15 heavy (non-hydrogen) atoms. The quantitative estimate of drug-likeness (QED) is 0.717. The first-order valence-corrected chi connectivity index (χ1v) is 6.76. The highest BCUT2D eigenvalue weighted by atomic mass is 19.1. The highest BCUT2D eigenvalue weighted by Gasteiger charge is 2.31. The summed E-state index contributed by atoms with van der Waals surface area (Å²) in [5.41, 5.74) is 0. The van der Waals surface area contributed by atoms with Crippen molar-refractivity contribution in [3.05, 3.63) is 0 Å². The van der Waals surface area contributed by atoms with Crippen LogP contribution in [0.3, 0.4) is 0 Å². The van der Waals surface area contributed by atoms with Crippen LogP contribution in [0.1, 0.15) is 51.9 Å². The van der Waals surface area contributed by atoms with E-state index in [1.165, 1.54) is 32.2 Å². The predicted octanol–water partition coefficient (Wildman–Crippen LogP) is 1.97. The van der Waals surface area contributed by atoms with Crippen LogP contribution in [0.4, 0.5) is 4.39 Å². The Kier molecular flexibility index (Phi) is 4.01. The average molecular weight is 214 g/mol. The largest absolute Gasteiger partial charge is 0.332 e. The van der Waals surface area contributed by atoms with Gasteiger partial charge in [0.25, 0.3) is 0 Å². The summed E-state index contributed by atoms with van der Waals surface area (Å²) in [5.74, 6) is 0.370. The minimum Gasteiger partial charge on any atom is -0.332 e. The van der Waals surface area contributed by atoms with E-state index >= 15 is 0 Å². The zero-order valence-electron chi connectivity index (χ0n) is 9.97. The van der Waals surface area contributed by atoms with Crippen molar-refractivity contribution in [2.75, 3.05) is 13.1 Å². The topological polar surface area (TPSA) is 4.44 Å². The summed E-state index contributed by atoms with van der Waals surface area (Å²) in [6, 6.07) is 0.771. The first kappa shape index (κ1) is 11.4.